The molecule has 4 aliphatic rings. The van der Waals surface area contributed by atoms with Gasteiger partial charge in [-0.1, -0.05) is 73.1 Å². The summed E-state index contributed by atoms with van der Waals surface area (Å²) in [4.78, 5) is 54.6. The number of aliphatic hydroxyl groups is 1. The second-order valence-electron chi connectivity index (χ2n) is 14.9. The Morgan fingerprint density at radius 1 is 1.00 bits per heavy atom. The van der Waals surface area contributed by atoms with Crippen LogP contribution in [0.15, 0.2) is 0 Å². The van der Waals surface area contributed by atoms with E-state index < -0.39 is 35.6 Å². The lowest BCUT2D eigenvalue weighted by Gasteiger charge is -2.40. The number of primary amides is 1. The first-order chi connectivity index (χ1) is 18.5. The van der Waals surface area contributed by atoms with Crippen molar-refractivity contribution in [1.82, 2.24) is 20.9 Å². The lowest BCUT2D eigenvalue weighted by Crippen LogP contribution is -2.63. The molecule has 0 bridgehead atoms. The summed E-state index contributed by atoms with van der Waals surface area (Å²) in [6, 6.07) is -2.75. The number of carbonyl (C=O) groups excluding carboxylic acids is 4. The van der Waals surface area contributed by atoms with Crippen molar-refractivity contribution in [2.24, 2.45) is 34.3 Å². The van der Waals surface area contributed by atoms with E-state index in [1.165, 1.54) is 0 Å². The summed E-state index contributed by atoms with van der Waals surface area (Å²) in [7, 11) is 0. The van der Waals surface area contributed by atoms with Gasteiger partial charge in [0.25, 0.3) is 0 Å². The normalized spacial score (nSPS) is 29.3. The Labute approximate surface area is 238 Å². The number of rotatable bonds is 9. The van der Waals surface area contributed by atoms with E-state index in [-0.39, 0.29) is 40.6 Å². The molecule has 0 aromatic carbocycles. The summed E-state index contributed by atoms with van der Waals surface area (Å²) in [6.07, 6.45) is 7.15. The molecule has 3 saturated carbocycles. The Bertz CT molecular complexity index is 997. The molecular weight excluding hydrogens is 510 g/mol. The van der Waals surface area contributed by atoms with Gasteiger partial charge in [0, 0.05) is 12.1 Å². The summed E-state index contributed by atoms with van der Waals surface area (Å²) >= 11 is 0. The van der Waals surface area contributed by atoms with Crippen LogP contribution in [0.1, 0.15) is 99.3 Å². The SMILES string of the molecule is CC1(NC(=O)N[C@H](C(=O)N2C[C@H]3[C@@H]([C@H]2C(=O)N[C@@H](CC2CCC2)[C@@H](O)C(N)=O)C3(C)C)C(C)(C)C)CCCCC1. The fourth-order valence-electron chi connectivity index (χ4n) is 7.35. The van der Waals surface area contributed by atoms with Gasteiger partial charge in [0.05, 0.1) is 6.04 Å². The van der Waals surface area contributed by atoms with E-state index in [9.17, 15) is 24.3 Å². The molecule has 6 atom stereocenters. The molecule has 0 spiro atoms. The predicted octanol–water partition coefficient (Wildman–Crippen LogP) is 2.43. The average molecular weight is 562 g/mol. The molecule has 0 aromatic rings. The molecule has 0 unspecified atom stereocenters. The van der Waals surface area contributed by atoms with Crippen LogP contribution in [0.2, 0.25) is 0 Å². The Balaban J connectivity index is 1.51. The van der Waals surface area contributed by atoms with Crippen LogP contribution in [-0.4, -0.2) is 70.1 Å². The number of fused-ring (bicyclic) bond motifs is 1. The third-order valence-electron chi connectivity index (χ3n) is 10.3. The smallest absolute Gasteiger partial charge is 0.315 e. The van der Waals surface area contributed by atoms with Crippen LogP contribution in [0.5, 0.6) is 0 Å². The summed E-state index contributed by atoms with van der Waals surface area (Å²) < 4.78 is 0. The van der Waals surface area contributed by atoms with Crippen LogP contribution in [0.3, 0.4) is 0 Å². The first kappa shape index (κ1) is 30.6. The number of amides is 5. The van der Waals surface area contributed by atoms with Crippen LogP contribution in [0.4, 0.5) is 4.79 Å². The number of hydrogen-bond acceptors (Lipinski definition) is 5. The van der Waals surface area contributed by atoms with E-state index in [0.29, 0.717) is 18.9 Å². The topological polar surface area (TPSA) is 154 Å². The largest absolute Gasteiger partial charge is 0.381 e. The number of hydrogen-bond donors (Lipinski definition) is 5. The van der Waals surface area contributed by atoms with Gasteiger partial charge in [-0.2, -0.15) is 0 Å². The highest BCUT2D eigenvalue weighted by atomic mass is 16.3. The van der Waals surface area contributed by atoms with Crippen LogP contribution in [0.25, 0.3) is 0 Å². The minimum absolute atomic E-state index is 0.0397. The minimum atomic E-state index is -1.49. The van der Waals surface area contributed by atoms with Crippen LogP contribution < -0.4 is 21.7 Å². The molecule has 4 rings (SSSR count). The van der Waals surface area contributed by atoms with Crippen molar-refractivity contribution in [1.29, 1.82) is 0 Å². The van der Waals surface area contributed by atoms with E-state index in [1.54, 1.807) is 4.90 Å². The lowest BCUT2D eigenvalue weighted by molar-refractivity contribution is -0.144. The molecule has 5 amide bonds. The van der Waals surface area contributed by atoms with Crippen molar-refractivity contribution in [2.45, 2.75) is 129 Å². The fraction of sp³-hybridized carbons (Fsp3) is 0.867. The van der Waals surface area contributed by atoms with Gasteiger partial charge in [-0.3, -0.25) is 14.4 Å². The third kappa shape index (κ3) is 6.26. The number of nitrogens with one attached hydrogen (secondary N) is 3. The standard InChI is InChI=1S/C30H51N5O5/c1-28(2,3)23(33-27(40)34-30(6)13-8-7-9-14-30)26(39)35-16-18-20(29(18,4)5)21(35)25(38)32-19(22(36)24(31)37)15-17-11-10-12-17/h17-23,36H,7-16H2,1-6H3,(H2,31,37)(H,32,38)(H2,33,34,40)/t18-,19-,20-,21-,22+,23+/m0/s1. The van der Waals surface area contributed by atoms with Gasteiger partial charge in [0.15, 0.2) is 6.10 Å². The zero-order chi connectivity index (χ0) is 29.6. The Kier molecular flexibility index (Phi) is 8.52. The van der Waals surface area contributed by atoms with Crippen molar-refractivity contribution in [2.75, 3.05) is 6.54 Å². The molecule has 40 heavy (non-hydrogen) atoms. The Hall–Kier alpha value is -2.36. The fourth-order valence-corrected chi connectivity index (χ4v) is 7.35. The lowest BCUT2D eigenvalue weighted by atomic mass is 9.79. The quantitative estimate of drug-likeness (QED) is 0.293. The Morgan fingerprint density at radius 3 is 2.15 bits per heavy atom. The molecule has 10 nitrogen and oxygen atoms in total. The van der Waals surface area contributed by atoms with Crippen molar-refractivity contribution >= 4 is 23.8 Å². The van der Waals surface area contributed by atoms with Crippen LogP contribution in [0, 0.1) is 28.6 Å². The van der Waals surface area contributed by atoms with Crippen molar-refractivity contribution in [3.8, 4) is 0 Å². The van der Waals surface area contributed by atoms with Gasteiger partial charge in [0.1, 0.15) is 12.1 Å². The number of nitrogens with two attached hydrogens (primary N) is 1. The van der Waals surface area contributed by atoms with Crippen molar-refractivity contribution in [3.05, 3.63) is 0 Å². The number of aliphatic hydroxyl groups excluding tert-OH is 1. The maximum absolute atomic E-state index is 14.1. The molecule has 0 aromatic heterocycles. The molecule has 226 valence electrons. The van der Waals surface area contributed by atoms with Gasteiger partial charge in [-0.05, 0) is 54.8 Å². The highest BCUT2D eigenvalue weighted by Crippen LogP contribution is 2.65. The monoisotopic (exact) mass is 561 g/mol. The van der Waals surface area contributed by atoms with E-state index in [0.717, 1.165) is 51.4 Å². The van der Waals surface area contributed by atoms with Crippen molar-refractivity contribution in [3.63, 3.8) is 0 Å². The predicted molar refractivity (Wildman–Crippen MR) is 152 cm³/mol. The maximum Gasteiger partial charge on any atom is 0.315 e. The molecule has 0 radical (unpaired) electrons. The zero-order valence-electron chi connectivity index (χ0n) is 25.2. The minimum Gasteiger partial charge on any atom is -0.381 e. The maximum atomic E-state index is 14.1. The number of urea groups is 1. The second kappa shape index (κ2) is 11.1. The summed E-state index contributed by atoms with van der Waals surface area (Å²) in [5.41, 5.74) is 4.41. The van der Waals surface area contributed by atoms with E-state index >= 15 is 0 Å². The number of carbonyl (C=O) groups is 4. The number of likely N-dealkylation sites (tertiary alicyclic amines) is 1. The van der Waals surface area contributed by atoms with Gasteiger partial charge in [-0.15, -0.1) is 0 Å². The van der Waals surface area contributed by atoms with Gasteiger partial charge in [-0.25, -0.2) is 4.79 Å². The number of nitrogens with zero attached hydrogens (tertiary/aromatic N) is 1. The van der Waals surface area contributed by atoms with Gasteiger partial charge in [0.2, 0.25) is 17.7 Å². The summed E-state index contributed by atoms with van der Waals surface area (Å²) in [6.45, 7) is 12.4. The van der Waals surface area contributed by atoms with E-state index in [2.05, 4.69) is 36.7 Å². The molecule has 1 saturated heterocycles. The number of piperidine rings is 1. The summed E-state index contributed by atoms with van der Waals surface area (Å²) in [5.74, 6) is -1.09. The van der Waals surface area contributed by atoms with Crippen LogP contribution >= 0.6 is 0 Å². The molecule has 10 heteroatoms. The molecule has 3 aliphatic carbocycles. The van der Waals surface area contributed by atoms with E-state index in [4.69, 9.17) is 5.73 Å². The second-order valence-corrected chi connectivity index (χ2v) is 14.9. The zero-order valence-corrected chi connectivity index (χ0v) is 25.2. The average Bonchev–Trinajstić information content (AvgIpc) is 3.14. The first-order valence-electron chi connectivity index (χ1n) is 15.2. The van der Waals surface area contributed by atoms with E-state index in [1.807, 2.05) is 20.8 Å². The highest BCUT2D eigenvalue weighted by Gasteiger charge is 2.70. The Morgan fingerprint density at radius 2 is 1.62 bits per heavy atom. The molecule has 1 aliphatic heterocycles. The molecule has 6 N–H and O–H groups in total. The van der Waals surface area contributed by atoms with Crippen molar-refractivity contribution < 1.29 is 24.3 Å². The molecular formula is C30H51N5O5. The summed E-state index contributed by atoms with van der Waals surface area (Å²) in [5, 5.41) is 19.5. The molecule has 1 heterocycles. The van der Waals surface area contributed by atoms with Gasteiger partial charge >= 0.3 is 6.03 Å². The van der Waals surface area contributed by atoms with Gasteiger partial charge < -0.3 is 31.7 Å². The third-order valence-corrected chi connectivity index (χ3v) is 10.3. The molecule has 4 fully saturated rings. The van der Waals surface area contributed by atoms with Crippen LogP contribution in [-0.2, 0) is 14.4 Å². The highest BCUT2D eigenvalue weighted by molar-refractivity contribution is 5.94. The first-order valence-corrected chi connectivity index (χ1v) is 15.2.